The van der Waals surface area contributed by atoms with Gasteiger partial charge in [0.25, 0.3) is 0 Å². The van der Waals surface area contributed by atoms with Gasteiger partial charge in [-0.05, 0) is 123 Å². The van der Waals surface area contributed by atoms with E-state index in [-0.39, 0.29) is 0 Å². The summed E-state index contributed by atoms with van der Waals surface area (Å²) in [7, 11) is 0. The summed E-state index contributed by atoms with van der Waals surface area (Å²) in [6.07, 6.45) is 0. The van der Waals surface area contributed by atoms with Crippen molar-refractivity contribution in [3.63, 3.8) is 0 Å². The van der Waals surface area contributed by atoms with E-state index in [0.29, 0.717) is 0 Å². The van der Waals surface area contributed by atoms with E-state index in [9.17, 15) is 0 Å². The zero-order chi connectivity index (χ0) is 54.8. The predicted octanol–water partition coefficient (Wildman–Crippen LogP) is 22.2. The van der Waals surface area contributed by atoms with E-state index in [4.69, 9.17) is 8.83 Å². The van der Waals surface area contributed by atoms with Crippen molar-refractivity contribution in [2.45, 2.75) is 0 Å². The maximum atomic E-state index is 6.91. The van der Waals surface area contributed by atoms with E-state index in [0.717, 1.165) is 139 Å². The molecule has 0 aliphatic heterocycles. The zero-order valence-corrected chi connectivity index (χ0v) is 45.1. The molecule has 16 aromatic rings. The van der Waals surface area contributed by atoms with Crippen LogP contribution in [0.15, 0.2) is 318 Å². The van der Waals surface area contributed by atoms with E-state index in [1.807, 2.05) is 12.1 Å². The maximum Gasteiger partial charge on any atom is 0.138 e. The van der Waals surface area contributed by atoms with E-state index in [1.165, 1.54) is 10.8 Å². The van der Waals surface area contributed by atoms with Crippen molar-refractivity contribution >= 4 is 99.8 Å². The molecule has 0 N–H and O–H groups in total. The second kappa shape index (κ2) is 19.9. The smallest absolute Gasteiger partial charge is 0.138 e. The molecule has 5 nitrogen and oxygen atoms in total. The summed E-state index contributed by atoms with van der Waals surface area (Å²) < 4.78 is 16.2. The van der Waals surface area contributed by atoms with Crippen molar-refractivity contribution < 1.29 is 8.83 Å². The summed E-state index contributed by atoms with van der Waals surface area (Å²) in [5.74, 6) is 0. The second-order valence-corrected chi connectivity index (χ2v) is 21.2. The molecule has 0 unspecified atom stereocenters. The molecule has 0 amide bonds. The Bertz CT molecular complexity index is 4750. The van der Waals surface area contributed by atoms with Crippen LogP contribution >= 0.6 is 0 Å². The molecule has 0 radical (unpaired) electrons. The molecule has 0 spiro atoms. The highest BCUT2D eigenvalue weighted by Gasteiger charge is 2.26. The van der Waals surface area contributed by atoms with Gasteiger partial charge in [-0.2, -0.15) is 0 Å². The Morgan fingerprint density at radius 2 is 0.554 bits per heavy atom. The molecule has 0 bridgehead atoms. The van der Waals surface area contributed by atoms with Crippen LogP contribution in [0.25, 0.3) is 116 Å². The standard InChI is InChI=1S/C78H51N3O2/c1-5-21-52(22-6-1)54-37-41-58(42-38-54)79(63-48-69(56-25-9-3-10-26-56)77-67-31-15-19-35-73(67)82-75(77)50-63)60-45-61(47-62(46-60)81-71-33-17-13-29-65(71)66-30-14-18-34-72(66)81)80(59-43-39-55(40-44-59)53-23-7-2-8-24-53)64-49-70(57-27-11-4-12-28-57)78-68-32-16-20-36-74(68)83-76(78)51-64/h1-51H. The zero-order valence-electron chi connectivity index (χ0n) is 45.1. The lowest BCUT2D eigenvalue weighted by molar-refractivity contribution is 0.668. The highest BCUT2D eigenvalue weighted by atomic mass is 16.3. The number of furan rings is 2. The molecule has 0 saturated heterocycles. The van der Waals surface area contributed by atoms with E-state index in [1.54, 1.807) is 0 Å². The molecule has 83 heavy (non-hydrogen) atoms. The molecule has 3 heterocycles. The SMILES string of the molecule is c1ccc(-c2ccc(N(c3cc(N(c4ccc(-c5ccccc5)cc4)c4cc(-c5ccccc5)c5c(c4)oc4ccccc45)cc(-n4c5ccccc5c5ccccc54)c3)c3cc(-c4ccccc4)c4c(c3)oc3ccccc34)cc2)cc1. The van der Waals surface area contributed by atoms with Crippen LogP contribution in [-0.2, 0) is 0 Å². The molecule has 0 saturated carbocycles. The van der Waals surface area contributed by atoms with Gasteiger partial charge in [0, 0.05) is 55.8 Å². The largest absolute Gasteiger partial charge is 0.456 e. The second-order valence-electron chi connectivity index (χ2n) is 21.2. The Labute approximate surface area is 480 Å². The number of para-hydroxylation sites is 4. The molecule has 13 aromatic carbocycles. The van der Waals surface area contributed by atoms with Crippen LogP contribution in [0.3, 0.4) is 0 Å². The van der Waals surface area contributed by atoms with Crippen molar-refractivity contribution in [3.05, 3.63) is 309 Å². The Hall–Kier alpha value is -11.1. The van der Waals surface area contributed by atoms with Gasteiger partial charge in [0.1, 0.15) is 22.3 Å². The van der Waals surface area contributed by atoms with Crippen molar-refractivity contribution in [2.75, 3.05) is 9.80 Å². The lowest BCUT2D eigenvalue weighted by Gasteiger charge is -2.31. The Morgan fingerprint density at radius 1 is 0.229 bits per heavy atom. The van der Waals surface area contributed by atoms with Crippen molar-refractivity contribution in [3.8, 4) is 50.2 Å². The molecule has 16 rings (SSSR count). The Balaban J connectivity index is 1.01. The fourth-order valence-electron chi connectivity index (χ4n) is 12.6. The lowest BCUT2D eigenvalue weighted by atomic mass is 9.97. The third-order valence-electron chi connectivity index (χ3n) is 16.3. The highest BCUT2D eigenvalue weighted by Crippen LogP contribution is 2.49. The molecule has 5 heteroatoms. The van der Waals surface area contributed by atoms with Crippen LogP contribution in [0.5, 0.6) is 0 Å². The van der Waals surface area contributed by atoms with Gasteiger partial charge < -0.3 is 23.2 Å². The van der Waals surface area contributed by atoms with Gasteiger partial charge in [0.2, 0.25) is 0 Å². The average Bonchev–Trinajstić information content (AvgIpc) is 3.50. The number of hydrogen-bond acceptors (Lipinski definition) is 4. The minimum atomic E-state index is 0.806. The molecule has 0 atom stereocenters. The van der Waals surface area contributed by atoms with Gasteiger partial charge in [-0.15, -0.1) is 0 Å². The van der Waals surface area contributed by atoms with Crippen LogP contribution in [0.2, 0.25) is 0 Å². The summed E-state index contributed by atoms with van der Waals surface area (Å²) in [5, 5.41) is 6.68. The van der Waals surface area contributed by atoms with Gasteiger partial charge in [0.15, 0.2) is 0 Å². The van der Waals surface area contributed by atoms with Crippen LogP contribution in [0.1, 0.15) is 0 Å². The number of aromatic nitrogens is 1. The van der Waals surface area contributed by atoms with Crippen molar-refractivity contribution in [2.24, 2.45) is 0 Å². The van der Waals surface area contributed by atoms with Gasteiger partial charge >= 0.3 is 0 Å². The molecular weight excluding hydrogens is 1010 g/mol. The fraction of sp³-hybridized carbons (Fsp3) is 0. The van der Waals surface area contributed by atoms with Crippen LogP contribution in [-0.4, -0.2) is 4.57 Å². The predicted molar refractivity (Wildman–Crippen MR) is 346 cm³/mol. The first-order valence-corrected chi connectivity index (χ1v) is 28.2. The molecule has 0 aliphatic carbocycles. The third-order valence-corrected chi connectivity index (χ3v) is 16.3. The first-order chi connectivity index (χ1) is 41.1. The van der Waals surface area contributed by atoms with Gasteiger partial charge in [-0.1, -0.05) is 218 Å². The molecule has 0 aliphatic rings. The number of rotatable bonds is 11. The fourth-order valence-corrected chi connectivity index (χ4v) is 12.6. The van der Waals surface area contributed by atoms with E-state index >= 15 is 0 Å². The highest BCUT2D eigenvalue weighted by molar-refractivity contribution is 6.16. The van der Waals surface area contributed by atoms with Crippen LogP contribution in [0, 0.1) is 0 Å². The number of fused-ring (bicyclic) bond motifs is 9. The summed E-state index contributed by atoms with van der Waals surface area (Å²) in [6, 6.07) is 111. The first-order valence-electron chi connectivity index (χ1n) is 28.2. The molecular formula is C78H51N3O2. The molecule has 390 valence electrons. The summed E-state index contributed by atoms with van der Waals surface area (Å²) in [5.41, 5.74) is 21.2. The first kappa shape index (κ1) is 47.8. The monoisotopic (exact) mass is 1060 g/mol. The number of benzene rings is 13. The van der Waals surface area contributed by atoms with Crippen LogP contribution in [0.4, 0.5) is 34.1 Å². The molecule has 3 aromatic heterocycles. The van der Waals surface area contributed by atoms with Gasteiger partial charge in [0.05, 0.1) is 39.5 Å². The minimum Gasteiger partial charge on any atom is -0.456 e. The minimum absolute atomic E-state index is 0.806. The molecule has 0 fully saturated rings. The van der Waals surface area contributed by atoms with E-state index in [2.05, 4.69) is 312 Å². The van der Waals surface area contributed by atoms with Gasteiger partial charge in [-0.25, -0.2) is 0 Å². The summed E-state index contributed by atoms with van der Waals surface area (Å²) in [6.45, 7) is 0. The van der Waals surface area contributed by atoms with Crippen molar-refractivity contribution in [1.82, 2.24) is 4.57 Å². The quantitative estimate of drug-likeness (QED) is 0.129. The summed E-state index contributed by atoms with van der Waals surface area (Å²) >= 11 is 0. The maximum absolute atomic E-state index is 6.91. The Kier molecular flexibility index (Phi) is 11.5. The normalized spacial score (nSPS) is 11.6. The van der Waals surface area contributed by atoms with Crippen LogP contribution < -0.4 is 9.80 Å². The number of nitrogens with zero attached hydrogens (tertiary/aromatic N) is 3. The number of anilines is 6. The van der Waals surface area contributed by atoms with Gasteiger partial charge in [-0.3, -0.25) is 0 Å². The average molecular weight is 1060 g/mol. The Morgan fingerprint density at radius 3 is 0.964 bits per heavy atom. The summed E-state index contributed by atoms with van der Waals surface area (Å²) in [4.78, 5) is 4.81. The topological polar surface area (TPSA) is 37.7 Å². The third kappa shape index (κ3) is 8.33. The van der Waals surface area contributed by atoms with E-state index < -0.39 is 0 Å². The number of hydrogen-bond donors (Lipinski definition) is 0. The van der Waals surface area contributed by atoms with Crippen molar-refractivity contribution in [1.29, 1.82) is 0 Å². The lowest BCUT2D eigenvalue weighted by Crippen LogP contribution is -2.14.